The van der Waals surface area contributed by atoms with E-state index >= 15 is 0 Å². The second-order valence-corrected chi connectivity index (χ2v) is 5.69. The standard InChI is InChI=1S/C14H18ClN3S/c1-19-11-7-3-6-10-18-13(16-17-14(18)15)12-8-4-2-5-9-12/h2,4-5,8-9H,3,6-7,10-11H2,1H3. The highest BCUT2D eigenvalue weighted by Crippen LogP contribution is 2.21. The topological polar surface area (TPSA) is 30.7 Å². The van der Waals surface area contributed by atoms with Crippen LogP contribution in [0.15, 0.2) is 30.3 Å². The Balaban J connectivity index is 2.02. The molecule has 19 heavy (non-hydrogen) atoms. The summed E-state index contributed by atoms with van der Waals surface area (Å²) in [4.78, 5) is 0. The summed E-state index contributed by atoms with van der Waals surface area (Å²) in [5.41, 5.74) is 1.06. The molecule has 0 radical (unpaired) electrons. The third-order valence-electron chi connectivity index (χ3n) is 2.97. The number of rotatable bonds is 7. The maximum Gasteiger partial charge on any atom is 0.225 e. The molecule has 0 aliphatic rings. The molecule has 2 aromatic rings. The van der Waals surface area contributed by atoms with Gasteiger partial charge < -0.3 is 0 Å². The van der Waals surface area contributed by atoms with Crippen LogP contribution in [0.25, 0.3) is 11.4 Å². The largest absolute Gasteiger partial charge is 0.298 e. The van der Waals surface area contributed by atoms with Crippen LogP contribution in [-0.4, -0.2) is 26.8 Å². The van der Waals surface area contributed by atoms with Crippen LogP contribution in [0.3, 0.4) is 0 Å². The number of hydrogen-bond donors (Lipinski definition) is 0. The Hall–Kier alpha value is -1.00. The second-order valence-electron chi connectivity index (χ2n) is 4.36. The van der Waals surface area contributed by atoms with E-state index in [9.17, 15) is 0 Å². The fourth-order valence-electron chi connectivity index (χ4n) is 1.98. The van der Waals surface area contributed by atoms with E-state index < -0.39 is 0 Å². The molecular formula is C14H18ClN3S. The molecule has 0 aliphatic heterocycles. The van der Waals surface area contributed by atoms with Crippen LogP contribution >= 0.6 is 23.4 Å². The lowest BCUT2D eigenvalue weighted by Gasteiger charge is -2.07. The summed E-state index contributed by atoms with van der Waals surface area (Å²) in [5, 5.41) is 8.64. The van der Waals surface area contributed by atoms with E-state index in [1.807, 2.05) is 46.7 Å². The molecule has 3 nitrogen and oxygen atoms in total. The molecule has 0 bridgehead atoms. The van der Waals surface area contributed by atoms with Crippen molar-refractivity contribution >= 4 is 23.4 Å². The van der Waals surface area contributed by atoms with Gasteiger partial charge in [0.15, 0.2) is 5.82 Å². The zero-order chi connectivity index (χ0) is 13.5. The lowest BCUT2D eigenvalue weighted by atomic mass is 10.2. The summed E-state index contributed by atoms with van der Waals surface area (Å²) in [6, 6.07) is 10.1. The molecule has 0 amide bonds. The lowest BCUT2D eigenvalue weighted by molar-refractivity contribution is 0.607. The number of unbranched alkanes of at least 4 members (excludes halogenated alkanes) is 2. The Bertz CT molecular complexity index is 499. The van der Waals surface area contributed by atoms with Gasteiger partial charge in [0.25, 0.3) is 0 Å². The van der Waals surface area contributed by atoms with Crippen LogP contribution in [0.2, 0.25) is 5.28 Å². The van der Waals surface area contributed by atoms with Crippen LogP contribution in [0.4, 0.5) is 0 Å². The first kappa shape index (κ1) is 14.4. The number of benzene rings is 1. The van der Waals surface area contributed by atoms with Gasteiger partial charge in [-0.05, 0) is 36.5 Å². The minimum atomic E-state index is 0.476. The van der Waals surface area contributed by atoms with E-state index in [0.717, 1.165) is 24.4 Å². The minimum absolute atomic E-state index is 0.476. The van der Waals surface area contributed by atoms with Gasteiger partial charge in [-0.2, -0.15) is 11.8 Å². The molecule has 0 spiro atoms. The molecule has 1 aromatic heterocycles. The third kappa shape index (κ3) is 3.98. The van der Waals surface area contributed by atoms with Crippen molar-refractivity contribution in [1.82, 2.24) is 14.8 Å². The van der Waals surface area contributed by atoms with Crippen molar-refractivity contribution in [1.29, 1.82) is 0 Å². The molecule has 0 saturated heterocycles. The first-order valence-electron chi connectivity index (χ1n) is 6.46. The number of halogens is 1. The summed E-state index contributed by atoms with van der Waals surface area (Å²) in [6.45, 7) is 0.879. The number of nitrogens with zero attached hydrogens (tertiary/aromatic N) is 3. The average molecular weight is 296 g/mol. The third-order valence-corrected chi connectivity index (χ3v) is 3.94. The summed E-state index contributed by atoms with van der Waals surface area (Å²) in [6.07, 6.45) is 5.72. The highest BCUT2D eigenvalue weighted by atomic mass is 35.5. The maximum atomic E-state index is 6.12. The Kier molecular flexibility index (Phi) is 5.73. The molecule has 2 rings (SSSR count). The van der Waals surface area contributed by atoms with Gasteiger partial charge in [-0.1, -0.05) is 36.8 Å². The molecule has 5 heteroatoms. The van der Waals surface area contributed by atoms with Crippen LogP contribution < -0.4 is 0 Å². The van der Waals surface area contributed by atoms with Crippen molar-refractivity contribution in [3.8, 4) is 11.4 Å². The normalized spacial score (nSPS) is 10.8. The molecule has 1 heterocycles. The fraction of sp³-hybridized carbons (Fsp3) is 0.429. The molecule has 0 N–H and O–H groups in total. The average Bonchev–Trinajstić information content (AvgIpc) is 2.81. The van der Waals surface area contributed by atoms with E-state index in [4.69, 9.17) is 11.6 Å². The van der Waals surface area contributed by atoms with Gasteiger partial charge in [-0.15, -0.1) is 10.2 Å². The van der Waals surface area contributed by atoms with Crippen molar-refractivity contribution in [2.45, 2.75) is 25.8 Å². The van der Waals surface area contributed by atoms with Crippen molar-refractivity contribution in [3.63, 3.8) is 0 Å². The summed E-state index contributed by atoms with van der Waals surface area (Å²) in [5.74, 6) is 2.08. The van der Waals surface area contributed by atoms with Gasteiger partial charge >= 0.3 is 0 Å². The molecular weight excluding hydrogens is 278 g/mol. The molecule has 1 aromatic carbocycles. The van der Waals surface area contributed by atoms with Gasteiger partial charge in [-0.25, -0.2) is 0 Å². The predicted octanol–water partition coefficient (Wildman–Crippen LogP) is 4.13. The molecule has 0 atom stereocenters. The van der Waals surface area contributed by atoms with Gasteiger partial charge in [-0.3, -0.25) is 4.57 Å². The molecule has 0 fully saturated rings. The van der Waals surface area contributed by atoms with Crippen molar-refractivity contribution in [3.05, 3.63) is 35.6 Å². The van der Waals surface area contributed by atoms with Crippen molar-refractivity contribution < 1.29 is 0 Å². The lowest BCUT2D eigenvalue weighted by Crippen LogP contribution is -2.01. The number of aromatic nitrogens is 3. The highest BCUT2D eigenvalue weighted by Gasteiger charge is 2.11. The smallest absolute Gasteiger partial charge is 0.225 e. The molecule has 0 saturated carbocycles. The summed E-state index contributed by atoms with van der Waals surface area (Å²) >= 11 is 8.02. The minimum Gasteiger partial charge on any atom is -0.298 e. The van der Waals surface area contributed by atoms with Crippen LogP contribution in [0.5, 0.6) is 0 Å². The van der Waals surface area contributed by atoms with E-state index in [0.29, 0.717) is 5.28 Å². The van der Waals surface area contributed by atoms with Crippen LogP contribution in [0.1, 0.15) is 19.3 Å². The number of thioether (sulfide) groups is 1. The van der Waals surface area contributed by atoms with Crippen molar-refractivity contribution in [2.24, 2.45) is 0 Å². The summed E-state index contributed by atoms with van der Waals surface area (Å²) in [7, 11) is 0. The van der Waals surface area contributed by atoms with Gasteiger partial charge in [0.05, 0.1) is 0 Å². The van der Waals surface area contributed by atoms with E-state index in [-0.39, 0.29) is 0 Å². The van der Waals surface area contributed by atoms with E-state index in [1.54, 1.807) is 0 Å². The molecule has 102 valence electrons. The summed E-state index contributed by atoms with van der Waals surface area (Å²) < 4.78 is 2.00. The molecule has 0 aliphatic carbocycles. The Morgan fingerprint density at radius 3 is 2.63 bits per heavy atom. The number of hydrogen-bond acceptors (Lipinski definition) is 3. The fourth-order valence-corrected chi connectivity index (χ4v) is 2.67. The Morgan fingerprint density at radius 2 is 1.89 bits per heavy atom. The van der Waals surface area contributed by atoms with Crippen LogP contribution in [-0.2, 0) is 6.54 Å². The van der Waals surface area contributed by atoms with E-state index in [2.05, 4.69) is 16.5 Å². The van der Waals surface area contributed by atoms with Crippen molar-refractivity contribution in [2.75, 3.05) is 12.0 Å². The highest BCUT2D eigenvalue weighted by molar-refractivity contribution is 7.98. The predicted molar refractivity (Wildman–Crippen MR) is 82.7 cm³/mol. The first-order chi connectivity index (χ1) is 9.33. The Morgan fingerprint density at radius 1 is 1.11 bits per heavy atom. The van der Waals surface area contributed by atoms with Crippen LogP contribution in [0, 0.1) is 0 Å². The molecule has 0 unspecified atom stereocenters. The maximum absolute atomic E-state index is 6.12. The second kappa shape index (κ2) is 7.56. The first-order valence-corrected chi connectivity index (χ1v) is 8.23. The zero-order valence-corrected chi connectivity index (χ0v) is 12.6. The van der Waals surface area contributed by atoms with Gasteiger partial charge in [0.1, 0.15) is 0 Å². The monoisotopic (exact) mass is 295 g/mol. The van der Waals surface area contributed by atoms with Gasteiger partial charge in [0, 0.05) is 12.1 Å². The van der Waals surface area contributed by atoms with E-state index in [1.165, 1.54) is 18.6 Å². The quantitative estimate of drug-likeness (QED) is 0.720. The van der Waals surface area contributed by atoms with Gasteiger partial charge in [0.2, 0.25) is 5.28 Å². The SMILES string of the molecule is CSCCCCCn1c(Cl)nnc1-c1ccccc1. The zero-order valence-electron chi connectivity index (χ0n) is 11.1. The Labute approximate surface area is 123 Å².